The third-order valence-electron chi connectivity index (χ3n) is 6.94. The van der Waals surface area contributed by atoms with E-state index in [0.29, 0.717) is 41.7 Å². The van der Waals surface area contributed by atoms with E-state index in [2.05, 4.69) is 19.9 Å². The van der Waals surface area contributed by atoms with E-state index in [1.165, 1.54) is 0 Å². The van der Waals surface area contributed by atoms with Gasteiger partial charge in [-0.15, -0.1) is 0 Å². The van der Waals surface area contributed by atoms with Gasteiger partial charge in [0.15, 0.2) is 17.0 Å². The van der Waals surface area contributed by atoms with Crippen LogP contribution in [0.1, 0.15) is 26.5 Å². The molecule has 1 fully saturated rings. The SMILES string of the molecule is CC(C)(C)OC(=O)Cn1cnc2c(-n3nc(CO)c4ccccc43)nc(N3CCN(c4ccc(O)cc4)CC3)nc21. The first-order valence-corrected chi connectivity index (χ1v) is 13.5. The number of aliphatic hydroxyl groups excluding tert-OH is 1. The van der Waals surface area contributed by atoms with Gasteiger partial charge in [-0.25, -0.2) is 9.67 Å². The lowest BCUT2D eigenvalue weighted by atomic mass is 10.2. The lowest BCUT2D eigenvalue weighted by molar-refractivity contribution is -0.155. The number of piperazine rings is 1. The summed E-state index contributed by atoms with van der Waals surface area (Å²) in [7, 11) is 0. The van der Waals surface area contributed by atoms with Gasteiger partial charge in [0.2, 0.25) is 5.95 Å². The lowest BCUT2D eigenvalue weighted by Crippen LogP contribution is -2.47. The Morgan fingerprint density at radius 3 is 2.39 bits per heavy atom. The maximum Gasteiger partial charge on any atom is 0.326 e. The molecule has 0 saturated carbocycles. The zero-order valence-electron chi connectivity index (χ0n) is 23.2. The largest absolute Gasteiger partial charge is 0.508 e. The number of fused-ring (bicyclic) bond motifs is 2. The molecule has 0 aliphatic carbocycles. The number of nitrogens with zero attached hydrogens (tertiary/aromatic N) is 8. The maximum atomic E-state index is 12.7. The van der Waals surface area contributed by atoms with Crippen LogP contribution in [0, 0.1) is 0 Å². The number of hydrogen-bond donors (Lipinski definition) is 2. The molecule has 2 N–H and O–H groups in total. The number of aromatic nitrogens is 6. The number of aromatic hydroxyl groups is 1. The molecule has 3 aromatic heterocycles. The minimum atomic E-state index is -0.620. The number of esters is 1. The van der Waals surface area contributed by atoms with E-state index < -0.39 is 11.6 Å². The number of anilines is 2. The van der Waals surface area contributed by atoms with E-state index in [0.717, 1.165) is 29.7 Å². The standard InChI is InChI=1S/C29H32N8O4/c1-29(2,3)41-24(40)16-36-18-30-25-26(36)31-28(35-14-12-34(13-15-35)19-8-10-20(39)11-9-19)32-27(25)37-23-7-5-4-6-21(23)22(17-38)33-37/h4-11,18,38-39H,12-17H2,1-3H3. The molecule has 12 nitrogen and oxygen atoms in total. The van der Waals surface area contributed by atoms with Gasteiger partial charge in [-0.1, -0.05) is 18.2 Å². The van der Waals surface area contributed by atoms with Crippen LogP contribution >= 0.6 is 0 Å². The Morgan fingerprint density at radius 1 is 0.976 bits per heavy atom. The van der Waals surface area contributed by atoms with Gasteiger partial charge in [-0.3, -0.25) is 4.79 Å². The first-order valence-electron chi connectivity index (χ1n) is 13.5. The summed E-state index contributed by atoms with van der Waals surface area (Å²) in [6.45, 7) is 8.00. The van der Waals surface area contributed by atoms with Gasteiger partial charge in [0, 0.05) is 37.3 Å². The first-order chi connectivity index (χ1) is 19.7. The number of rotatable bonds is 6. The summed E-state index contributed by atoms with van der Waals surface area (Å²) in [5.41, 5.74) is 2.70. The van der Waals surface area contributed by atoms with Crippen LogP contribution in [0.2, 0.25) is 0 Å². The Labute approximate surface area is 236 Å². The number of carbonyl (C=O) groups excluding carboxylic acids is 1. The smallest absolute Gasteiger partial charge is 0.326 e. The molecule has 1 aliphatic rings. The summed E-state index contributed by atoms with van der Waals surface area (Å²) >= 11 is 0. The highest BCUT2D eigenvalue weighted by molar-refractivity contribution is 5.88. The average Bonchev–Trinajstić information content (AvgIpc) is 3.53. The Kier molecular flexibility index (Phi) is 6.70. The van der Waals surface area contributed by atoms with Gasteiger partial charge in [0.05, 0.1) is 24.1 Å². The fraction of sp³-hybridized carbons (Fsp3) is 0.345. The second-order valence-corrected chi connectivity index (χ2v) is 11.0. The minimum absolute atomic E-state index is 0.0555. The van der Waals surface area contributed by atoms with E-state index in [-0.39, 0.29) is 18.9 Å². The fourth-order valence-electron chi connectivity index (χ4n) is 5.07. The predicted molar refractivity (Wildman–Crippen MR) is 154 cm³/mol. The van der Waals surface area contributed by atoms with Crippen molar-refractivity contribution in [3.8, 4) is 11.6 Å². The van der Waals surface area contributed by atoms with Gasteiger partial charge >= 0.3 is 5.97 Å². The van der Waals surface area contributed by atoms with Gasteiger partial charge in [0.25, 0.3) is 0 Å². The monoisotopic (exact) mass is 556 g/mol. The van der Waals surface area contributed by atoms with E-state index in [4.69, 9.17) is 14.7 Å². The van der Waals surface area contributed by atoms with Crippen molar-refractivity contribution < 1.29 is 19.7 Å². The molecule has 0 radical (unpaired) electrons. The molecule has 0 atom stereocenters. The van der Waals surface area contributed by atoms with E-state index in [1.54, 1.807) is 27.7 Å². The predicted octanol–water partition coefficient (Wildman–Crippen LogP) is 3.03. The molecular weight excluding hydrogens is 524 g/mol. The Hall–Kier alpha value is -4.71. The van der Waals surface area contributed by atoms with Crippen molar-refractivity contribution in [3.63, 3.8) is 0 Å². The second-order valence-electron chi connectivity index (χ2n) is 11.0. The number of para-hydroxylation sites is 1. The summed E-state index contributed by atoms with van der Waals surface area (Å²) in [5.74, 6) is 0.798. The number of benzene rings is 2. The van der Waals surface area contributed by atoms with E-state index >= 15 is 0 Å². The topological polar surface area (TPSA) is 135 Å². The van der Waals surface area contributed by atoms with Gasteiger partial charge in [-0.2, -0.15) is 15.1 Å². The normalized spacial score (nSPS) is 14.2. The summed E-state index contributed by atoms with van der Waals surface area (Å²) in [5, 5.41) is 25.1. The third kappa shape index (κ3) is 5.25. The summed E-state index contributed by atoms with van der Waals surface area (Å²) < 4.78 is 8.91. The summed E-state index contributed by atoms with van der Waals surface area (Å²) in [6, 6.07) is 14.8. The molecule has 12 heteroatoms. The number of imidazole rings is 1. The molecule has 1 saturated heterocycles. The number of aliphatic hydroxyl groups is 1. The van der Waals surface area contributed by atoms with Crippen LogP contribution in [0.5, 0.6) is 5.75 Å². The van der Waals surface area contributed by atoms with Crippen LogP contribution in [0.15, 0.2) is 54.9 Å². The molecule has 0 unspecified atom stereocenters. The van der Waals surface area contributed by atoms with Crippen LogP contribution < -0.4 is 9.80 Å². The number of carbonyl (C=O) groups is 1. The highest BCUT2D eigenvalue weighted by Crippen LogP contribution is 2.28. The molecule has 4 heterocycles. The number of hydrogen-bond acceptors (Lipinski definition) is 10. The van der Waals surface area contributed by atoms with E-state index in [1.807, 2.05) is 57.2 Å². The minimum Gasteiger partial charge on any atom is -0.508 e. The quantitative estimate of drug-likeness (QED) is 0.301. The Balaban J connectivity index is 1.40. The van der Waals surface area contributed by atoms with Crippen molar-refractivity contribution >= 4 is 39.7 Å². The number of phenols is 1. The molecule has 212 valence electrons. The maximum absolute atomic E-state index is 12.7. The van der Waals surface area contributed by atoms with Crippen LogP contribution in [-0.4, -0.2) is 77.3 Å². The van der Waals surface area contributed by atoms with Crippen LogP contribution in [0.4, 0.5) is 11.6 Å². The molecule has 5 aromatic rings. The van der Waals surface area contributed by atoms with Crippen molar-refractivity contribution in [2.24, 2.45) is 0 Å². The highest BCUT2D eigenvalue weighted by Gasteiger charge is 2.25. The van der Waals surface area contributed by atoms with Crippen LogP contribution in [-0.2, 0) is 22.7 Å². The van der Waals surface area contributed by atoms with Crippen LogP contribution in [0.25, 0.3) is 27.9 Å². The highest BCUT2D eigenvalue weighted by atomic mass is 16.6. The van der Waals surface area contributed by atoms with Gasteiger partial charge in [0.1, 0.15) is 17.9 Å². The molecule has 2 aromatic carbocycles. The Bertz CT molecular complexity index is 1710. The van der Waals surface area contributed by atoms with Gasteiger partial charge in [-0.05, 0) is 51.1 Å². The first kappa shape index (κ1) is 26.5. The Morgan fingerprint density at radius 2 is 1.68 bits per heavy atom. The summed E-state index contributed by atoms with van der Waals surface area (Å²) in [4.78, 5) is 31.5. The van der Waals surface area contributed by atoms with Crippen molar-refractivity contribution in [2.45, 2.75) is 39.5 Å². The molecule has 6 rings (SSSR count). The molecule has 0 amide bonds. The molecule has 0 spiro atoms. The van der Waals surface area contributed by atoms with Crippen molar-refractivity contribution in [2.75, 3.05) is 36.0 Å². The zero-order chi connectivity index (χ0) is 28.7. The average molecular weight is 557 g/mol. The molecule has 1 aliphatic heterocycles. The van der Waals surface area contributed by atoms with Crippen molar-refractivity contribution in [3.05, 3.63) is 60.6 Å². The fourth-order valence-corrected chi connectivity index (χ4v) is 5.07. The lowest BCUT2D eigenvalue weighted by Gasteiger charge is -2.36. The molecule has 41 heavy (non-hydrogen) atoms. The third-order valence-corrected chi connectivity index (χ3v) is 6.94. The van der Waals surface area contributed by atoms with Gasteiger partial charge < -0.3 is 29.3 Å². The van der Waals surface area contributed by atoms with Crippen LogP contribution in [0.3, 0.4) is 0 Å². The zero-order valence-corrected chi connectivity index (χ0v) is 23.2. The molecular formula is C29H32N8O4. The van der Waals surface area contributed by atoms with Crippen molar-refractivity contribution in [1.82, 2.24) is 29.3 Å². The van der Waals surface area contributed by atoms with E-state index in [9.17, 15) is 15.0 Å². The van der Waals surface area contributed by atoms with Crippen molar-refractivity contribution in [1.29, 1.82) is 0 Å². The second kappa shape index (κ2) is 10.4. The number of ether oxygens (including phenoxy) is 1. The molecule has 0 bridgehead atoms. The number of phenolic OH excluding ortho intramolecular Hbond substituents is 1. The summed E-state index contributed by atoms with van der Waals surface area (Å²) in [6.07, 6.45) is 1.57.